The number of hydrogen-bond donors (Lipinski definition) is 2. The number of ether oxygens (including phenoxy) is 1. The summed E-state index contributed by atoms with van der Waals surface area (Å²) >= 11 is 0. The lowest BCUT2D eigenvalue weighted by atomic mass is 9.99. The number of benzene rings is 3. The standard InChI is InChI=1S/C26H28N2O4/c1-32-26(31)25(22-15-9-4-10-16-22)28(19-23(29)30)18-17-27-24(20-11-5-2-6-12-20)21-13-7-3-8-14-21/h2-16,24-25,27H,17-19H2,1H3,(H,29,30). The normalized spacial score (nSPS) is 12.0. The number of carbonyl (C=O) groups is 2. The number of carboxylic acid groups (broad SMARTS) is 1. The SMILES string of the molecule is COC(=O)C(c1ccccc1)N(CCNC(c1ccccc1)c1ccccc1)CC(=O)O. The summed E-state index contributed by atoms with van der Waals surface area (Å²) in [4.78, 5) is 25.8. The second-order valence-corrected chi connectivity index (χ2v) is 7.41. The van der Waals surface area contributed by atoms with Crippen molar-refractivity contribution in [2.75, 3.05) is 26.7 Å². The van der Waals surface area contributed by atoms with Gasteiger partial charge in [-0.1, -0.05) is 91.0 Å². The first-order valence-electron chi connectivity index (χ1n) is 10.5. The van der Waals surface area contributed by atoms with Crippen molar-refractivity contribution in [2.24, 2.45) is 0 Å². The van der Waals surface area contributed by atoms with Crippen LogP contribution in [0.2, 0.25) is 0 Å². The molecule has 0 aliphatic carbocycles. The number of nitrogens with zero attached hydrogens (tertiary/aromatic N) is 1. The molecule has 0 spiro atoms. The highest BCUT2D eigenvalue weighted by molar-refractivity contribution is 5.79. The van der Waals surface area contributed by atoms with E-state index in [0.717, 1.165) is 11.1 Å². The van der Waals surface area contributed by atoms with Crippen LogP contribution in [0, 0.1) is 0 Å². The maximum Gasteiger partial charge on any atom is 0.327 e. The average Bonchev–Trinajstić information content (AvgIpc) is 2.83. The Balaban J connectivity index is 1.80. The Morgan fingerprint density at radius 3 is 1.75 bits per heavy atom. The second kappa shape index (κ2) is 11.8. The Kier molecular flexibility index (Phi) is 8.54. The highest BCUT2D eigenvalue weighted by Crippen LogP contribution is 2.24. The van der Waals surface area contributed by atoms with Gasteiger partial charge in [-0.05, 0) is 16.7 Å². The predicted octanol–water partition coefficient (Wildman–Crippen LogP) is 3.67. The Morgan fingerprint density at radius 2 is 1.31 bits per heavy atom. The van der Waals surface area contributed by atoms with E-state index in [4.69, 9.17) is 4.74 Å². The summed E-state index contributed by atoms with van der Waals surface area (Å²) < 4.78 is 5.00. The van der Waals surface area contributed by atoms with Crippen molar-refractivity contribution >= 4 is 11.9 Å². The Labute approximate surface area is 188 Å². The van der Waals surface area contributed by atoms with E-state index in [-0.39, 0.29) is 12.6 Å². The van der Waals surface area contributed by atoms with Crippen molar-refractivity contribution in [1.82, 2.24) is 10.2 Å². The number of esters is 1. The molecule has 6 heteroatoms. The molecule has 3 aromatic carbocycles. The van der Waals surface area contributed by atoms with Crippen LogP contribution >= 0.6 is 0 Å². The van der Waals surface area contributed by atoms with Gasteiger partial charge in [-0.15, -0.1) is 0 Å². The number of carboxylic acids is 1. The first-order valence-corrected chi connectivity index (χ1v) is 10.5. The summed E-state index contributed by atoms with van der Waals surface area (Å²) in [7, 11) is 1.32. The molecule has 0 saturated carbocycles. The molecule has 0 aliphatic rings. The minimum atomic E-state index is -1.00. The third kappa shape index (κ3) is 6.26. The molecule has 0 aromatic heterocycles. The van der Waals surface area contributed by atoms with Crippen molar-refractivity contribution in [3.05, 3.63) is 108 Å². The monoisotopic (exact) mass is 432 g/mol. The molecule has 0 saturated heterocycles. The molecule has 1 unspecified atom stereocenters. The van der Waals surface area contributed by atoms with Crippen molar-refractivity contribution in [2.45, 2.75) is 12.1 Å². The largest absolute Gasteiger partial charge is 0.480 e. The molecule has 3 rings (SSSR count). The third-order valence-corrected chi connectivity index (χ3v) is 5.26. The molecule has 0 radical (unpaired) electrons. The molecule has 0 bridgehead atoms. The van der Waals surface area contributed by atoms with Crippen LogP contribution in [0.5, 0.6) is 0 Å². The van der Waals surface area contributed by atoms with E-state index in [0.29, 0.717) is 18.7 Å². The van der Waals surface area contributed by atoms with Gasteiger partial charge in [-0.3, -0.25) is 9.69 Å². The van der Waals surface area contributed by atoms with Crippen LogP contribution in [-0.2, 0) is 14.3 Å². The minimum Gasteiger partial charge on any atom is -0.480 e. The number of rotatable bonds is 11. The number of methoxy groups -OCH3 is 1. The van der Waals surface area contributed by atoms with Gasteiger partial charge in [-0.25, -0.2) is 4.79 Å². The molecule has 0 heterocycles. The lowest BCUT2D eigenvalue weighted by Crippen LogP contribution is -2.42. The van der Waals surface area contributed by atoms with Crippen molar-refractivity contribution in [3.63, 3.8) is 0 Å². The summed E-state index contributed by atoms with van der Waals surface area (Å²) in [5.74, 6) is -1.49. The van der Waals surface area contributed by atoms with Crippen molar-refractivity contribution < 1.29 is 19.4 Å². The summed E-state index contributed by atoms with van der Waals surface area (Å²) in [6.07, 6.45) is 0. The van der Waals surface area contributed by atoms with Gasteiger partial charge in [0.05, 0.1) is 19.7 Å². The van der Waals surface area contributed by atoms with Gasteiger partial charge in [-0.2, -0.15) is 0 Å². The maximum absolute atomic E-state index is 12.6. The van der Waals surface area contributed by atoms with E-state index in [2.05, 4.69) is 29.6 Å². The molecule has 0 aliphatic heterocycles. The minimum absolute atomic E-state index is 0.0580. The van der Waals surface area contributed by atoms with Crippen LogP contribution < -0.4 is 5.32 Å². The molecule has 1 atom stereocenters. The molecular weight excluding hydrogens is 404 g/mol. The van der Waals surface area contributed by atoms with Gasteiger partial charge in [0.15, 0.2) is 0 Å². The zero-order valence-corrected chi connectivity index (χ0v) is 18.1. The van der Waals surface area contributed by atoms with Crippen molar-refractivity contribution in [1.29, 1.82) is 0 Å². The zero-order valence-electron chi connectivity index (χ0n) is 18.1. The third-order valence-electron chi connectivity index (χ3n) is 5.26. The summed E-state index contributed by atoms with van der Waals surface area (Å²) in [5.41, 5.74) is 2.91. The highest BCUT2D eigenvalue weighted by Gasteiger charge is 2.30. The Hall–Kier alpha value is -3.48. The Bertz CT molecular complexity index is 941. The molecular formula is C26H28N2O4. The van der Waals surface area contributed by atoms with Gasteiger partial charge in [0.1, 0.15) is 6.04 Å². The second-order valence-electron chi connectivity index (χ2n) is 7.41. The first-order chi connectivity index (χ1) is 15.6. The van der Waals surface area contributed by atoms with Crippen LogP contribution in [0.4, 0.5) is 0 Å². The number of nitrogens with one attached hydrogen (secondary N) is 1. The van der Waals surface area contributed by atoms with E-state index in [1.807, 2.05) is 54.6 Å². The number of hydrogen-bond acceptors (Lipinski definition) is 5. The lowest BCUT2D eigenvalue weighted by Gasteiger charge is -2.30. The Morgan fingerprint density at radius 1 is 0.844 bits per heavy atom. The van der Waals surface area contributed by atoms with Gasteiger partial charge < -0.3 is 15.2 Å². The first kappa shape index (κ1) is 23.2. The molecule has 166 valence electrons. The predicted molar refractivity (Wildman–Crippen MR) is 123 cm³/mol. The van der Waals surface area contributed by atoms with E-state index in [1.54, 1.807) is 17.0 Å². The van der Waals surface area contributed by atoms with Crippen molar-refractivity contribution in [3.8, 4) is 0 Å². The molecule has 3 aromatic rings. The molecule has 0 fully saturated rings. The zero-order chi connectivity index (χ0) is 22.8. The summed E-state index contributed by atoms with van der Waals surface area (Å²) in [6.45, 7) is 0.539. The van der Waals surface area contributed by atoms with Gasteiger partial charge in [0.2, 0.25) is 0 Å². The fraction of sp³-hybridized carbons (Fsp3) is 0.231. The van der Waals surface area contributed by atoms with Crippen LogP contribution in [-0.4, -0.2) is 48.7 Å². The molecule has 0 amide bonds. The van der Waals surface area contributed by atoms with Crippen LogP contribution in [0.3, 0.4) is 0 Å². The molecule has 32 heavy (non-hydrogen) atoms. The van der Waals surface area contributed by atoms with E-state index in [1.165, 1.54) is 7.11 Å². The van der Waals surface area contributed by atoms with Gasteiger partial charge in [0, 0.05) is 13.1 Å². The van der Waals surface area contributed by atoms with E-state index in [9.17, 15) is 14.7 Å². The quantitative estimate of drug-likeness (QED) is 0.450. The number of carbonyl (C=O) groups excluding carboxylic acids is 1. The fourth-order valence-corrected chi connectivity index (χ4v) is 3.79. The lowest BCUT2D eigenvalue weighted by molar-refractivity contribution is -0.149. The maximum atomic E-state index is 12.6. The topological polar surface area (TPSA) is 78.9 Å². The van der Waals surface area contributed by atoms with Gasteiger partial charge >= 0.3 is 11.9 Å². The smallest absolute Gasteiger partial charge is 0.327 e. The van der Waals surface area contributed by atoms with Gasteiger partial charge in [0.25, 0.3) is 0 Å². The number of aliphatic carboxylic acids is 1. The molecule has 2 N–H and O–H groups in total. The van der Waals surface area contributed by atoms with Crippen LogP contribution in [0.15, 0.2) is 91.0 Å². The van der Waals surface area contributed by atoms with Crippen LogP contribution in [0.1, 0.15) is 28.8 Å². The van der Waals surface area contributed by atoms with E-state index >= 15 is 0 Å². The summed E-state index contributed by atoms with van der Waals surface area (Å²) in [5, 5.41) is 13.0. The van der Waals surface area contributed by atoms with Crippen LogP contribution in [0.25, 0.3) is 0 Å². The highest BCUT2D eigenvalue weighted by atomic mass is 16.5. The van der Waals surface area contributed by atoms with E-state index < -0.39 is 18.0 Å². The average molecular weight is 433 g/mol. The molecule has 6 nitrogen and oxygen atoms in total. The fourth-order valence-electron chi connectivity index (χ4n) is 3.79. The summed E-state index contributed by atoms with van der Waals surface area (Å²) in [6, 6.07) is 28.4.